The van der Waals surface area contributed by atoms with E-state index in [-0.39, 0.29) is 5.91 Å². The molecule has 0 bridgehead atoms. The molecule has 1 aromatic carbocycles. The standard InChI is InChI=1S/C14H18Cl2N2O2/c1-2-3-8-17-18-14(19)5-4-9-20-13-7-6-11(15)10-12(13)16/h6-8,10H,2-5,9H2,1H3,(H,18,19)/b17-8+. The summed E-state index contributed by atoms with van der Waals surface area (Å²) < 4.78 is 5.48. The molecule has 0 aliphatic rings. The fourth-order valence-corrected chi connectivity index (χ4v) is 1.84. The second-order valence-corrected chi connectivity index (χ2v) is 5.01. The molecular weight excluding hydrogens is 299 g/mol. The normalized spacial score (nSPS) is 10.8. The smallest absolute Gasteiger partial charge is 0.240 e. The third-order valence-corrected chi connectivity index (χ3v) is 2.93. The first-order valence-electron chi connectivity index (χ1n) is 6.51. The van der Waals surface area contributed by atoms with Crippen molar-refractivity contribution < 1.29 is 9.53 Å². The minimum atomic E-state index is -0.122. The van der Waals surface area contributed by atoms with Gasteiger partial charge in [0.15, 0.2) is 0 Å². The van der Waals surface area contributed by atoms with Crippen LogP contribution in [0.15, 0.2) is 23.3 Å². The Balaban J connectivity index is 2.19. The summed E-state index contributed by atoms with van der Waals surface area (Å²) in [5.74, 6) is 0.445. The molecule has 0 aromatic heterocycles. The topological polar surface area (TPSA) is 50.7 Å². The van der Waals surface area contributed by atoms with Crippen molar-refractivity contribution >= 4 is 35.3 Å². The second kappa shape index (κ2) is 9.61. The van der Waals surface area contributed by atoms with E-state index in [0.29, 0.717) is 35.2 Å². The molecule has 1 N–H and O–H groups in total. The highest BCUT2D eigenvalue weighted by atomic mass is 35.5. The molecule has 0 aliphatic carbocycles. The lowest BCUT2D eigenvalue weighted by molar-refractivity contribution is -0.121. The van der Waals surface area contributed by atoms with Crippen LogP contribution in [-0.2, 0) is 4.79 Å². The van der Waals surface area contributed by atoms with Crippen molar-refractivity contribution in [1.29, 1.82) is 0 Å². The number of hydrogen-bond donors (Lipinski definition) is 1. The van der Waals surface area contributed by atoms with E-state index in [1.165, 1.54) is 0 Å². The molecule has 0 unspecified atom stereocenters. The minimum Gasteiger partial charge on any atom is -0.492 e. The molecule has 0 spiro atoms. The van der Waals surface area contributed by atoms with E-state index in [4.69, 9.17) is 27.9 Å². The molecule has 0 aliphatic heterocycles. The van der Waals surface area contributed by atoms with Crippen molar-refractivity contribution in [3.63, 3.8) is 0 Å². The highest BCUT2D eigenvalue weighted by Crippen LogP contribution is 2.27. The van der Waals surface area contributed by atoms with Crippen LogP contribution in [0.2, 0.25) is 10.0 Å². The molecular formula is C14H18Cl2N2O2. The predicted molar refractivity (Wildman–Crippen MR) is 82.7 cm³/mol. The van der Waals surface area contributed by atoms with Gasteiger partial charge in [0.05, 0.1) is 11.6 Å². The maximum Gasteiger partial charge on any atom is 0.240 e. The number of ether oxygens (including phenoxy) is 1. The van der Waals surface area contributed by atoms with Gasteiger partial charge in [0, 0.05) is 17.7 Å². The number of unbranched alkanes of at least 4 members (excludes halogenated alkanes) is 1. The molecule has 6 heteroatoms. The van der Waals surface area contributed by atoms with Gasteiger partial charge in [0.1, 0.15) is 5.75 Å². The number of nitrogens with one attached hydrogen (secondary N) is 1. The van der Waals surface area contributed by atoms with Crippen molar-refractivity contribution in [3.05, 3.63) is 28.2 Å². The van der Waals surface area contributed by atoms with E-state index in [1.807, 2.05) is 6.92 Å². The number of halogens is 2. The van der Waals surface area contributed by atoms with Gasteiger partial charge in [-0.05, 0) is 31.0 Å². The van der Waals surface area contributed by atoms with Crippen LogP contribution in [0, 0.1) is 0 Å². The summed E-state index contributed by atoms with van der Waals surface area (Å²) in [6.45, 7) is 2.46. The van der Waals surface area contributed by atoms with E-state index in [2.05, 4.69) is 10.5 Å². The summed E-state index contributed by atoms with van der Waals surface area (Å²) >= 11 is 11.7. The summed E-state index contributed by atoms with van der Waals surface area (Å²) in [5.41, 5.74) is 2.47. The minimum absolute atomic E-state index is 0.122. The highest BCUT2D eigenvalue weighted by Gasteiger charge is 2.03. The molecule has 0 radical (unpaired) electrons. The molecule has 0 saturated heterocycles. The Hall–Kier alpha value is -1.26. The average Bonchev–Trinajstić information content (AvgIpc) is 2.41. The fourth-order valence-electron chi connectivity index (χ4n) is 1.37. The van der Waals surface area contributed by atoms with Gasteiger partial charge < -0.3 is 4.74 Å². The average molecular weight is 317 g/mol. The van der Waals surface area contributed by atoms with Gasteiger partial charge in [-0.1, -0.05) is 36.5 Å². The van der Waals surface area contributed by atoms with Crippen LogP contribution in [-0.4, -0.2) is 18.7 Å². The molecule has 0 fully saturated rings. The number of nitrogens with zero attached hydrogens (tertiary/aromatic N) is 1. The highest BCUT2D eigenvalue weighted by molar-refractivity contribution is 6.35. The van der Waals surface area contributed by atoms with E-state index in [0.717, 1.165) is 12.8 Å². The Morgan fingerprint density at radius 2 is 2.25 bits per heavy atom. The zero-order chi connectivity index (χ0) is 14.8. The number of rotatable bonds is 8. The van der Waals surface area contributed by atoms with Crippen LogP contribution in [0.1, 0.15) is 32.6 Å². The zero-order valence-corrected chi connectivity index (χ0v) is 12.9. The molecule has 1 amide bonds. The van der Waals surface area contributed by atoms with Gasteiger partial charge in [0.2, 0.25) is 5.91 Å². The van der Waals surface area contributed by atoms with Gasteiger partial charge in [-0.2, -0.15) is 5.10 Å². The SMILES string of the molecule is CCC/C=N/NC(=O)CCCOc1ccc(Cl)cc1Cl. The molecule has 1 rings (SSSR count). The van der Waals surface area contributed by atoms with Crippen LogP contribution in [0.4, 0.5) is 0 Å². The van der Waals surface area contributed by atoms with Crippen LogP contribution >= 0.6 is 23.2 Å². The second-order valence-electron chi connectivity index (χ2n) is 4.16. The largest absolute Gasteiger partial charge is 0.492 e. The summed E-state index contributed by atoms with van der Waals surface area (Å²) in [5, 5.41) is 4.85. The first kappa shape index (κ1) is 16.8. The summed E-state index contributed by atoms with van der Waals surface area (Å²) in [7, 11) is 0. The van der Waals surface area contributed by atoms with E-state index < -0.39 is 0 Å². The summed E-state index contributed by atoms with van der Waals surface area (Å²) in [6.07, 6.45) is 4.51. The van der Waals surface area contributed by atoms with Gasteiger partial charge in [-0.3, -0.25) is 4.79 Å². The molecule has 0 heterocycles. The van der Waals surface area contributed by atoms with Gasteiger partial charge in [0.25, 0.3) is 0 Å². The van der Waals surface area contributed by atoms with Crippen molar-refractivity contribution in [2.24, 2.45) is 5.10 Å². The first-order chi connectivity index (χ1) is 9.63. The fraction of sp³-hybridized carbons (Fsp3) is 0.429. The van der Waals surface area contributed by atoms with Crippen molar-refractivity contribution in [2.75, 3.05) is 6.61 Å². The third-order valence-electron chi connectivity index (χ3n) is 2.40. The predicted octanol–water partition coefficient (Wildman–Crippen LogP) is 4.05. The number of carbonyl (C=O) groups is 1. The Morgan fingerprint density at radius 1 is 1.45 bits per heavy atom. The third kappa shape index (κ3) is 6.78. The number of benzene rings is 1. The van der Waals surface area contributed by atoms with Crippen molar-refractivity contribution in [1.82, 2.24) is 5.43 Å². The lowest BCUT2D eigenvalue weighted by atomic mass is 10.3. The molecule has 1 aromatic rings. The molecule has 4 nitrogen and oxygen atoms in total. The summed E-state index contributed by atoms with van der Waals surface area (Å²) in [4.78, 5) is 11.4. The summed E-state index contributed by atoms with van der Waals surface area (Å²) in [6, 6.07) is 5.03. The molecule has 20 heavy (non-hydrogen) atoms. The maximum atomic E-state index is 11.4. The van der Waals surface area contributed by atoms with Gasteiger partial charge >= 0.3 is 0 Å². The van der Waals surface area contributed by atoms with Crippen LogP contribution in [0.3, 0.4) is 0 Å². The zero-order valence-electron chi connectivity index (χ0n) is 11.4. The van der Waals surface area contributed by atoms with Gasteiger partial charge in [-0.25, -0.2) is 5.43 Å². The number of hydrogen-bond acceptors (Lipinski definition) is 3. The monoisotopic (exact) mass is 316 g/mol. The maximum absolute atomic E-state index is 11.4. The van der Waals surface area contributed by atoms with Crippen LogP contribution in [0.5, 0.6) is 5.75 Å². The molecule has 0 saturated carbocycles. The Kier molecular flexibility index (Phi) is 8.07. The van der Waals surface area contributed by atoms with Crippen molar-refractivity contribution in [3.8, 4) is 5.75 Å². The quantitative estimate of drug-likeness (QED) is 0.447. The number of carbonyl (C=O) groups excluding carboxylic acids is 1. The van der Waals surface area contributed by atoms with Crippen LogP contribution in [0.25, 0.3) is 0 Å². The first-order valence-corrected chi connectivity index (χ1v) is 7.27. The Labute approximate surface area is 129 Å². The van der Waals surface area contributed by atoms with E-state index >= 15 is 0 Å². The van der Waals surface area contributed by atoms with Gasteiger partial charge in [-0.15, -0.1) is 0 Å². The van der Waals surface area contributed by atoms with Crippen LogP contribution < -0.4 is 10.2 Å². The lowest BCUT2D eigenvalue weighted by Gasteiger charge is -2.07. The molecule has 110 valence electrons. The Bertz CT molecular complexity index is 464. The number of amides is 1. The lowest BCUT2D eigenvalue weighted by Crippen LogP contribution is -2.17. The number of hydrazone groups is 1. The van der Waals surface area contributed by atoms with Crippen molar-refractivity contribution in [2.45, 2.75) is 32.6 Å². The molecule has 0 atom stereocenters. The Morgan fingerprint density at radius 3 is 2.95 bits per heavy atom. The van der Waals surface area contributed by atoms with E-state index in [9.17, 15) is 4.79 Å². The van der Waals surface area contributed by atoms with E-state index in [1.54, 1.807) is 24.4 Å².